The lowest BCUT2D eigenvalue weighted by molar-refractivity contribution is 0.255. The van der Waals surface area contributed by atoms with Crippen LogP contribution in [0.25, 0.3) is 27.6 Å². The van der Waals surface area contributed by atoms with Gasteiger partial charge in [-0.2, -0.15) is 0 Å². The highest BCUT2D eigenvalue weighted by Gasteiger charge is 2.24. The molecule has 0 bridgehead atoms. The molecule has 1 heterocycles. The Morgan fingerprint density at radius 3 is 2.30 bits per heavy atom. The van der Waals surface area contributed by atoms with Crippen molar-refractivity contribution in [3.63, 3.8) is 0 Å². The number of rotatable bonds is 6. The Labute approximate surface area is 207 Å². The molecular formula is C28H33Cl2N3. The topological polar surface area (TPSA) is 28.2 Å². The molecule has 0 saturated heterocycles. The Kier molecular flexibility index (Phi) is 7.33. The number of hydrogen-bond acceptors (Lipinski definition) is 3. The van der Waals surface area contributed by atoms with Gasteiger partial charge in [-0.15, -0.1) is 0 Å². The molecule has 0 aliphatic heterocycles. The highest BCUT2D eigenvalue weighted by atomic mass is 35.5. The molecule has 1 N–H and O–H groups in total. The van der Waals surface area contributed by atoms with Crippen molar-refractivity contribution in [2.45, 2.75) is 45.6 Å². The van der Waals surface area contributed by atoms with Gasteiger partial charge in [-0.05, 0) is 107 Å². The minimum atomic E-state index is 0.454. The predicted octanol–water partition coefficient (Wildman–Crippen LogP) is 8.08. The van der Waals surface area contributed by atoms with Gasteiger partial charge in [-0.1, -0.05) is 35.8 Å². The van der Waals surface area contributed by atoms with Crippen LogP contribution in [0.2, 0.25) is 10.0 Å². The second-order valence-electron chi connectivity index (χ2n) is 9.74. The van der Waals surface area contributed by atoms with Gasteiger partial charge < -0.3 is 10.2 Å². The maximum Gasteiger partial charge on any atom is 0.0726 e. The van der Waals surface area contributed by atoms with Gasteiger partial charge in [-0.25, -0.2) is 0 Å². The molecule has 4 rings (SSSR count). The lowest BCUT2D eigenvalue weighted by Gasteiger charge is -2.32. The molecule has 0 radical (unpaired) electrons. The fourth-order valence-corrected chi connectivity index (χ4v) is 5.69. The maximum absolute atomic E-state index is 6.29. The number of benzene rings is 2. The summed E-state index contributed by atoms with van der Waals surface area (Å²) in [5, 5.41) is 6.31. The second kappa shape index (κ2) is 10.0. The SMILES string of the molecule is C=C(C)c1c(C)nc2ccc(-c3cc(Cl)cc(Cl)c3)cc2c1NC1CCC(CN(C)C)CC1. The molecule has 33 heavy (non-hydrogen) atoms. The van der Waals surface area contributed by atoms with E-state index in [0.29, 0.717) is 16.1 Å². The van der Waals surface area contributed by atoms with Gasteiger partial charge in [0.25, 0.3) is 0 Å². The number of aromatic nitrogens is 1. The standard InChI is InChI=1S/C28H33Cl2N3/c1-17(2)27-18(3)31-26-11-8-20(21-12-22(29)15-23(30)13-21)14-25(26)28(27)32-24-9-6-19(7-10-24)16-33(4)5/h8,11-15,19,24H,1,6-7,9-10,16H2,2-5H3,(H,31,32). The van der Waals surface area contributed by atoms with Gasteiger partial charge in [-0.3, -0.25) is 4.98 Å². The van der Waals surface area contributed by atoms with Crippen molar-refractivity contribution in [2.75, 3.05) is 26.0 Å². The molecule has 1 aliphatic rings. The molecular weight excluding hydrogens is 449 g/mol. The van der Waals surface area contributed by atoms with Gasteiger partial charge in [0.1, 0.15) is 0 Å². The number of pyridine rings is 1. The third-order valence-electron chi connectivity index (χ3n) is 6.61. The molecule has 5 heteroatoms. The van der Waals surface area contributed by atoms with Crippen LogP contribution in [-0.4, -0.2) is 36.6 Å². The summed E-state index contributed by atoms with van der Waals surface area (Å²) < 4.78 is 0. The van der Waals surface area contributed by atoms with E-state index < -0.39 is 0 Å². The van der Waals surface area contributed by atoms with Crippen LogP contribution in [0.15, 0.2) is 43.0 Å². The predicted molar refractivity (Wildman–Crippen MR) is 145 cm³/mol. The molecule has 3 nitrogen and oxygen atoms in total. The third-order valence-corrected chi connectivity index (χ3v) is 7.04. The van der Waals surface area contributed by atoms with Gasteiger partial charge in [0.05, 0.1) is 11.2 Å². The zero-order chi connectivity index (χ0) is 23.7. The van der Waals surface area contributed by atoms with Crippen LogP contribution in [0.5, 0.6) is 0 Å². The van der Waals surface area contributed by atoms with E-state index in [-0.39, 0.29) is 0 Å². The average molecular weight is 482 g/mol. The Balaban J connectivity index is 1.74. The van der Waals surface area contributed by atoms with Crippen LogP contribution in [-0.2, 0) is 0 Å². The summed E-state index contributed by atoms with van der Waals surface area (Å²) in [4.78, 5) is 7.21. The molecule has 1 aliphatic carbocycles. The molecule has 0 atom stereocenters. The number of allylic oxidation sites excluding steroid dienone is 1. The second-order valence-corrected chi connectivity index (χ2v) is 10.6. The first-order valence-corrected chi connectivity index (χ1v) is 12.4. The number of hydrogen-bond donors (Lipinski definition) is 1. The molecule has 1 aromatic heterocycles. The molecule has 0 spiro atoms. The van der Waals surface area contributed by atoms with E-state index in [2.05, 4.69) is 62.9 Å². The molecule has 174 valence electrons. The fraction of sp³-hybridized carbons (Fsp3) is 0.393. The number of nitrogens with one attached hydrogen (secondary N) is 1. The lowest BCUT2D eigenvalue weighted by atomic mass is 9.85. The minimum absolute atomic E-state index is 0.454. The largest absolute Gasteiger partial charge is 0.381 e. The van der Waals surface area contributed by atoms with E-state index in [1.165, 1.54) is 32.2 Å². The first-order chi connectivity index (χ1) is 15.7. The van der Waals surface area contributed by atoms with E-state index in [0.717, 1.165) is 50.5 Å². The molecule has 2 aromatic carbocycles. The van der Waals surface area contributed by atoms with E-state index in [1.54, 1.807) is 6.07 Å². The van der Waals surface area contributed by atoms with Gasteiger partial charge in [0.2, 0.25) is 0 Å². The molecule has 1 fully saturated rings. The van der Waals surface area contributed by atoms with Crippen LogP contribution in [0.1, 0.15) is 43.9 Å². The number of halogens is 2. The van der Waals surface area contributed by atoms with E-state index in [4.69, 9.17) is 28.2 Å². The number of fused-ring (bicyclic) bond motifs is 1. The third kappa shape index (κ3) is 5.54. The van der Waals surface area contributed by atoms with Crippen LogP contribution in [0.4, 0.5) is 5.69 Å². The highest BCUT2D eigenvalue weighted by Crippen LogP contribution is 2.38. The zero-order valence-corrected chi connectivity index (χ0v) is 21.5. The van der Waals surface area contributed by atoms with Crippen LogP contribution in [0, 0.1) is 12.8 Å². The number of aryl methyl sites for hydroxylation is 1. The average Bonchev–Trinajstić information content (AvgIpc) is 2.73. The summed E-state index contributed by atoms with van der Waals surface area (Å²) in [6, 6.07) is 12.5. The molecule has 0 amide bonds. The first kappa shape index (κ1) is 24.1. The van der Waals surface area contributed by atoms with E-state index in [1.807, 2.05) is 12.1 Å². The summed E-state index contributed by atoms with van der Waals surface area (Å²) in [6.45, 7) is 9.59. The van der Waals surface area contributed by atoms with Crippen molar-refractivity contribution in [1.82, 2.24) is 9.88 Å². The van der Waals surface area contributed by atoms with Crippen molar-refractivity contribution in [2.24, 2.45) is 5.92 Å². The van der Waals surface area contributed by atoms with Gasteiger partial charge in [0, 0.05) is 39.3 Å². The van der Waals surface area contributed by atoms with Crippen molar-refractivity contribution < 1.29 is 0 Å². The van der Waals surface area contributed by atoms with E-state index >= 15 is 0 Å². The normalized spacial score (nSPS) is 18.6. The number of nitrogens with zero attached hydrogens (tertiary/aromatic N) is 2. The minimum Gasteiger partial charge on any atom is -0.381 e. The summed E-state index contributed by atoms with van der Waals surface area (Å²) in [6.07, 6.45) is 4.88. The quantitative estimate of drug-likeness (QED) is 0.385. The Hall–Kier alpha value is -2.07. The molecule has 3 aromatic rings. The number of anilines is 1. The first-order valence-electron chi connectivity index (χ1n) is 11.7. The lowest BCUT2D eigenvalue weighted by Crippen LogP contribution is -2.31. The van der Waals surface area contributed by atoms with Crippen LogP contribution < -0.4 is 5.32 Å². The molecule has 0 unspecified atom stereocenters. The maximum atomic E-state index is 6.29. The smallest absolute Gasteiger partial charge is 0.0726 e. The summed E-state index contributed by atoms with van der Waals surface area (Å²) >= 11 is 12.6. The monoisotopic (exact) mass is 481 g/mol. The van der Waals surface area contributed by atoms with E-state index in [9.17, 15) is 0 Å². The van der Waals surface area contributed by atoms with Crippen molar-refractivity contribution in [3.8, 4) is 11.1 Å². The Bertz CT molecular complexity index is 1160. The van der Waals surface area contributed by atoms with Crippen molar-refractivity contribution in [3.05, 3.63) is 64.3 Å². The van der Waals surface area contributed by atoms with Crippen LogP contribution >= 0.6 is 23.2 Å². The fourth-order valence-electron chi connectivity index (χ4n) is 5.17. The van der Waals surface area contributed by atoms with Crippen LogP contribution in [0.3, 0.4) is 0 Å². The van der Waals surface area contributed by atoms with Crippen molar-refractivity contribution in [1.29, 1.82) is 0 Å². The highest BCUT2D eigenvalue weighted by molar-refractivity contribution is 6.35. The summed E-state index contributed by atoms with van der Waals surface area (Å²) in [7, 11) is 4.33. The zero-order valence-electron chi connectivity index (χ0n) is 20.0. The summed E-state index contributed by atoms with van der Waals surface area (Å²) in [5.41, 5.74) is 7.37. The Morgan fingerprint density at radius 1 is 1.03 bits per heavy atom. The summed E-state index contributed by atoms with van der Waals surface area (Å²) in [5.74, 6) is 0.786. The van der Waals surface area contributed by atoms with Gasteiger partial charge in [0.15, 0.2) is 0 Å². The van der Waals surface area contributed by atoms with Crippen molar-refractivity contribution >= 4 is 45.4 Å². The van der Waals surface area contributed by atoms with Gasteiger partial charge >= 0.3 is 0 Å². The Morgan fingerprint density at radius 2 is 1.70 bits per heavy atom. The molecule has 1 saturated carbocycles.